The maximum absolute atomic E-state index is 12.6. The molecule has 0 saturated carbocycles. The van der Waals surface area contributed by atoms with Crippen molar-refractivity contribution in [3.8, 4) is 0 Å². The molecule has 0 aromatic carbocycles. The van der Waals surface area contributed by atoms with Gasteiger partial charge in [-0.3, -0.25) is 23.6 Å². The van der Waals surface area contributed by atoms with Crippen molar-refractivity contribution >= 4 is 23.5 Å². The zero-order chi connectivity index (χ0) is 20.4. The summed E-state index contributed by atoms with van der Waals surface area (Å²) in [5.41, 5.74) is 0.554. The molecule has 0 aliphatic heterocycles. The predicted octanol–water partition coefficient (Wildman–Crippen LogP) is -0.232. The highest BCUT2D eigenvalue weighted by molar-refractivity contribution is 6.11. The van der Waals surface area contributed by atoms with Gasteiger partial charge in [-0.25, -0.2) is 4.79 Å². The molecule has 0 fully saturated rings. The van der Waals surface area contributed by atoms with Gasteiger partial charge in [0.2, 0.25) is 0 Å². The van der Waals surface area contributed by atoms with Gasteiger partial charge in [-0.05, 0) is 0 Å². The number of carbonyl (C=O) groups excluding carboxylic acids is 2. The van der Waals surface area contributed by atoms with Crippen LogP contribution in [0.15, 0.2) is 24.8 Å². The van der Waals surface area contributed by atoms with Crippen molar-refractivity contribution in [2.45, 2.75) is 6.54 Å². The Kier molecular flexibility index (Phi) is 4.94. The first-order chi connectivity index (χ1) is 13.3. The number of anilines is 1. The van der Waals surface area contributed by atoms with E-state index < -0.39 is 17.8 Å². The van der Waals surface area contributed by atoms with Crippen molar-refractivity contribution in [2.24, 2.45) is 21.1 Å². The lowest BCUT2D eigenvalue weighted by Crippen LogP contribution is -2.27. The number of aromatic carboxylic acids is 1. The average molecular weight is 386 g/mol. The first-order valence-corrected chi connectivity index (χ1v) is 8.12. The van der Waals surface area contributed by atoms with E-state index >= 15 is 0 Å². The van der Waals surface area contributed by atoms with Gasteiger partial charge in [0.1, 0.15) is 11.3 Å². The summed E-state index contributed by atoms with van der Waals surface area (Å²) in [6.45, 7) is 0.245. The molecular weight excluding hydrogens is 368 g/mol. The summed E-state index contributed by atoms with van der Waals surface area (Å²) in [7, 11) is 4.83. The Hall–Kier alpha value is -3.96. The van der Waals surface area contributed by atoms with Crippen LogP contribution in [0.2, 0.25) is 0 Å². The van der Waals surface area contributed by atoms with Gasteiger partial charge in [-0.1, -0.05) is 0 Å². The van der Waals surface area contributed by atoms with Gasteiger partial charge in [0.05, 0.1) is 18.1 Å². The lowest BCUT2D eigenvalue weighted by atomic mass is 10.2. The molecule has 3 rings (SSSR count). The van der Waals surface area contributed by atoms with Gasteiger partial charge < -0.3 is 15.7 Å². The summed E-state index contributed by atoms with van der Waals surface area (Å²) in [5.74, 6) is -2.50. The van der Waals surface area contributed by atoms with Crippen LogP contribution in [-0.2, 0) is 27.7 Å². The van der Waals surface area contributed by atoms with Gasteiger partial charge in [0, 0.05) is 45.6 Å². The molecule has 28 heavy (non-hydrogen) atoms. The highest BCUT2D eigenvalue weighted by atomic mass is 16.4. The molecule has 0 atom stereocenters. The highest BCUT2D eigenvalue weighted by Gasteiger charge is 2.24. The number of hydrogen-bond acceptors (Lipinski definition) is 6. The van der Waals surface area contributed by atoms with Gasteiger partial charge in [0.25, 0.3) is 11.8 Å². The molecule has 3 aromatic rings. The largest absolute Gasteiger partial charge is 0.478 e. The maximum Gasteiger partial charge on any atom is 0.339 e. The molecule has 2 amide bonds. The highest BCUT2D eigenvalue weighted by Crippen LogP contribution is 2.17. The van der Waals surface area contributed by atoms with Crippen molar-refractivity contribution < 1.29 is 19.5 Å². The van der Waals surface area contributed by atoms with E-state index in [1.807, 2.05) is 0 Å². The summed E-state index contributed by atoms with van der Waals surface area (Å²) in [5, 5.41) is 26.3. The fourth-order valence-corrected chi connectivity index (χ4v) is 2.62. The van der Waals surface area contributed by atoms with Gasteiger partial charge in [-0.15, -0.1) is 0 Å². The minimum Gasteiger partial charge on any atom is -0.478 e. The minimum absolute atomic E-state index is 0.116. The number of carboxylic acid groups (broad SMARTS) is 1. The summed E-state index contributed by atoms with van der Waals surface area (Å²) in [6, 6.07) is 0. The Morgan fingerprint density at radius 2 is 1.79 bits per heavy atom. The molecular formula is C16H18N8O4. The van der Waals surface area contributed by atoms with Crippen molar-refractivity contribution in [2.75, 3.05) is 5.32 Å². The Balaban J connectivity index is 1.78. The Bertz CT molecular complexity index is 1060. The predicted molar refractivity (Wildman–Crippen MR) is 95.7 cm³/mol. The fraction of sp³-hybridized carbons (Fsp3) is 0.250. The smallest absolute Gasteiger partial charge is 0.339 e. The molecule has 0 spiro atoms. The summed E-state index contributed by atoms with van der Waals surface area (Å²) >= 11 is 0. The Morgan fingerprint density at radius 1 is 1.04 bits per heavy atom. The zero-order valence-corrected chi connectivity index (χ0v) is 15.4. The number of nitrogens with zero attached hydrogens (tertiary/aromatic N) is 6. The number of carboxylic acids is 1. The van der Waals surface area contributed by atoms with E-state index in [-0.39, 0.29) is 29.2 Å². The van der Waals surface area contributed by atoms with Crippen LogP contribution in [0.4, 0.5) is 5.69 Å². The van der Waals surface area contributed by atoms with Crippen LogP contribution in [0, 0.1) is 0 Å². The number of aryl methyl sites for hydroxylation is 3. The van der Waals surface area contributed by atoms with E-state index in [0.29, 0.717) is 0 Å². The molecule has 0 aliphatic carbocycles. The van der Waals surface area contributed by atoms with Crippen LogP contribution in [0.1, 0.15) is 36.9 Å². The third-order valence-electron chi connectivity index (χ3n) is 3.89. The molecule has 0 unspecified atom stereocenters. The number of hydrogen-bond donors (Lipinski definition) is 3. The van der Waals surface area contributed by atoms with E-state index in [4.69, 9.17) is 0 Å². The van der Waals surface area contributed by atoms with Crippen LogP contribution in [0.3, 0.4) is 0 Å². The van der Waals surface area contributed by atoms with Crippen molar-refractivity contribution in [1.82, 2.24) is 34.7 Å². The fourth-order valence-electron chi connectivity index (χ4n) is 2.62. The Morgan fingerprint density at radius 3 is 2.43 bits per heavy atom. The van der Waals surface area contributed by atoms with Crippen LogP contribution < -0.4 is 10.6 Å². The lowest BCUT2D eigenvalue weighted by Gasteiger charge is -2.08. The third kappa shape index (κ3) is 3.75. The van der Waals surface area contributed by atoms with E-state index in [1.54, 1.807) is 31.2 Å². The normalized spacial score (nSPS) is 10.7. The number of rotatable bonds is 6. The molecule has 3 heterocycles. The van der Waals surface area contributed by atoms with Crippen LogP contribution >= 0.6 is 0 Å². The SMILES string of the molecule is Cn1cc(CNC(=O)c2c(NC(=O)c3nn(C)cc3C(=O)O)cnn2C)cn1. The molecule has 0 bridgehead atoms. The second kappa shape index (κ2) is 7.34. The van der Waals surface area contributed by atoms with E-state index in [9.17, 15) is 19.5 Å². The molecule has 0 aliphatic rings. The summed E-state index contributed by atoms with van der Waals surface area (Å²) in [6.07, 6.45) is 5.92. The number of aromatic nitrogens is 6. The van der Waals surface area contributed by atoms with Crippen molar-refractivity contribution in [3.63, 3.8) is 0 Å². The average Bonchev–Trinajstić information content (AvgIpc) is 3.32. The molecule has 12 nitrogen and oxygen atoms in total. The van der Waals surface area contributed by atoms with E-state index in [1.165, 1.54) is 28.8 Å². The zero-order valence-electron chi connectivity index (χ0n) is 15.4. The van der Waals surface area contributed by atoms with Crippen molar-refractivity contribution in [1.29, 1.82) is 0 Å². The first-order valence-electron chi connectivity index (χ1n) is 8.12. The van der Waals surface area contributed by atoms with Crippen LogP contribution in [0.5, 0.6) is 0 Å². The molecule has 3 N–H and O–H groups in total. The summed E-state index contributed by atoms with van der Waals surface area (Å²) in [4.78, 5) is 36.3. The second-order valence-electron chi connectivity index (χ2n) is 6.06. The quantitative estimate of drug-likeness (QED) is 0.529. The standard InChI is InChI=1S/C16H18N8O4/c1-22-7-9(5-18-22)4-17-15(26)13-11(6-19-24(13)3)20-14(25)12-10(16(27)28)8-23(2)21-12/h5-8H,4H2,1-3H3,(H,17,26)(H,20,25)(H,27,28). The monoisotopic (exact) mass is 386 g/mol. The van der Waals surface area contributed by atoms with Crippen LogP contribution in [-0.4, -0.2) is 52.2 Å². The first kappa shape index (κ1) is 18.8. The molecule has 12 heteroatoms. The van der Waals surface area contributed by atoms with Crippen LogP contribution in [0.25, 0.3) is 0 Å². The number of carbonyl (C=O) groups is 3. The molecule has 3 aromatic heterocycles. The molecule has 0 saturated heterocycles. The number of nitrogens with one attached hydrogen (secondary N) is 2. The van der Waals surface area contributed by atoms with Gasteiger partial charge in [-0.2, -0.15) is 15.3 Å². The minimum atomic E-state index is -1.28. The summed E-state index contributed by atoms with van der Waals surface area (Å²) < 4.78 is 4.15. The van der Waals surface area contributed by atoms with Crippen molar-refractivity contribution in [3.05, 3.63) is 47.3 Å². The van der Waals surface area contributed by atoms with Gasteiger partial charge in [0.15, 0.2) is 5.69 Å². The molecule has 146 valence electrons. The van der Waals surface area contributed by atoms with E-state index in [0.717, 1.165) is 5.56 Å². The van der Waals surface area contributed by atoms with Gasteiger partial charge >= 0.3 is 5.97 Å². The lowest BCUT2D eigenvalue weighted by molar-refractivity contribution is 0.0692. The number of amides is 2. The third-order valence-corrected chi connectivity index (χ3v) is 3.89. The molecule has 0 radical (unpaired) electrons. The maximum atomic E-state index is 12.6. The topological polar surface area (TPSA) is 149 Å². The van der Waals surface area contributed by atoms with E-state index in [2.05, 4.69) is 25.9 Å². The Labute approximate surface area is 158 Å². The second-order valence-corrected chi connectivity index (χ2v) is 6.06.